The third kappa shape index (κ3) is 4.97. The van der Waals surface area contributed by atoms with Crippen LogP contribution in [0.1, 0.15) is 11.5 Å². The van der Waals surface area contributed by atoms with Gasteiger partial charge in [0, 0.05) is 33.9 Å². The van der Waals surface area contributed by atoms with E-state index in [1.54, 1.807) is 20.2 Å². The second-order valence-corrected chi connectivity index (χ2v) is 5.37. The van der Waals surface area contributed by atoms with Crippen LogP contribution < -0.4 is 11.1 Å². The smallest absolute Gasteiger partial charge is 0.375 e. The van der Waals surface area contributed by atoms with E-state index in [0.29, 0.717) is 5.69 Å². The van der Waals surface area contributed by atoms with Crippen molar-refractivity contribution >= 4 is 29.7 Å². The molecule has 0 heterocycles. The first-order valence-corrected chi connectivity index (χ1v) is 6.94. The van der Waals surface area contributed by atoms with Gasteiger partial charge in [-0.25, -0.2) is 9.59 Å². The summed E-state index contributed by atoms with van der Waals surface area (Å²) in [5.41, 5.74) is 5.83. The molecular formula is C15H20N4O5. The van der Waals surface area contributed by atoms with Crippen molar-refractivity contribution in [3.63, 3.8) is 0 Å². The van der Waals surface area contributed by atoms with Gasteiger partial charge < -0.3 is 25.6 Å². The van der Waals surface area contributed by atoms with Crippen molar-refractivity contribution in [3.05, 3.63) is 29.8 Å². The quantitative estimate of drug-likeness (QED) is 0.615. The molecule has 0 aliphatic rings. The number of urea groups is 1. The first-order chi connectivity index (χ1) is 11.1. The maximum atomic E-state index is 12.1. The predicted octanol–water partition coefficient (Wildman–Crippen LogP) is 0.574. The van der Waals surface area contributed by atoms with E-state index in [0.717, 1.165) is 4.90 Å². The normalized spacial score (nSPS) is 11.2. The molecule has 3 N–H and O–H groups in total. The average molecular weight is 336 g/mol. The molecule has 0 bridgehead atoms. The number of carbonyl (C=O) groups excluding carboxylic acids is 4. The molecule has 4 amide bonds. The molecule has 0 aromatic heterocycles. The van der Waals surface area contributed by atoms with Crippen molar-refractivity contribution in [1.29, 1.82) is 0 Å². The average Bonchev–Trinajstić information content (AvgIpc) is 2.46. The number of ether oxygens (including phenoxy) is 1. The van der Waals surface area contributed by atoms with Gasteiger partial charge in [-0.15, -0.1) is 0 Å². The van der Waals surface area contributed by atoms with Gasteiger partial charge >= 0.3 is 18.1 Å². The van der Waals surface area contributed by atoms with Crippen LogP contribution in [0.4, 0.5) is 15.3 Å². The lowest BCUT2D eigenvalue weighted by atomic mass is 9.98. The van der Waals surface area contributed by atoms with E-state index in [1.807, 2.05) is 0 Å². The van der Waals surface area contributed by atoms with Crippen molar-refractivity contribution in [2.24, 2.45) is 5.73 Å². The molecule has 0 fully saturated rings. The number of rotatable bonds is 4. The number of anilines is 1. The summed E-state index contributed by atoms with van der Waals surface area (Å²) in [7, 11) is 5.92. The molecule has 0 spiro atoms. The Kier molecular flexibility index (Phi) is 6.28. The summed E-state index contributed by atoms with van der Waals surface area (Å²) in [4.78, 5) is 49.2. The minimum atomic E-state index is -1.47. The lowest BCUT2D eigenvalue weighted by molar-refractivity contribution is -0.143. The predicted molar refractivity (Wildman–Crippen MR) is 86.3 cm³/mol. The van der Waals surface area contributed by atoms with Gasteiger partial charge in [0.05, 0.1) is 0 Å². The Morgan fingerprint density at radius 1 is 1.08 bits per heavy atom. The summed E-state index contributed by atoms with van der Waals surface area (Å²) in [6, 6.07) is 5.63. The number of nitrogens with two attached hydrogens (primary N) is 1. The van der Waals surface area contributed by atoms with Crippen LogP contribution in [-0.2, 0) is 14.3 Å². The van der Waals surface area contributed by atoms with Gasteiger partial charge in [0.25, 0.3) is 0 Å². The van der Waals surface area contributed by atoms with E-state index in [1.165, 1.54) is 37.2 Å². The van der Waals surface area contributed by atoms with E-state index in [2.05, 4.69) is 10.1 Å². The highest BCUT2D eigenvalue weighted by molar-refractivity contribution is 6.05. The molecule has 1 aromatic rings. The van der Waals surface area contributed by atoms with E-state index in [-0.39, 0.29) is 11.6 Å². The minimum absolute atomic E-state index is 0.204. The van der Waals surface area contributed by atoms with Crippen molar-refractivity contribution in [1.82, 2.24) is 9.80 Å². The fourth-order valence-electron chi connectivity index (χ4n) is 1.68. The largest absolute Gasteiger partial charge is 0.417 e. The number of amides is 4. The standard InChI is InChI=1S/C15H20N4O5/c1-18(2)14(22)17-10-7-5-6-9(8-10)11(12(16)20)13(21)24-15(23)19(3)4/h5-8,11H,1-4H3,(H2,16,20)(H,17,22). The highest BCUT2D eigenvalue weighted by Crippen LogP contribution is 2.21. The first kappa shape index (κ1) is 18.9. The number of carbonyl (C=O) groups is 4. The highest BCUT2D eigenvalue weighted by Gasteiger charge is 2.30. The fourth-order valence-corrected chi connectivity index (χ4v) is 1.68. The Balaban J connectivity index is 3.05. The van der Waals surface area contributed by atoms with Crippen LogP contribution in [0.25, 0.3) is 0 Å². The first-order valence-electron chi connectivity index (χ1n) is 6.94. The van der Waals surface area contributed by atoms with Crippen LogP contribution >= 0.6 is 0 Å². The molecule has 130 valence electrons. The number of primary amides is 1. The van der Waals surface area contributed by atoms with Crippen LogP contribution in [0.15, 0.2) is 24.3 Å². The number of nitrogens with zero attached hydrogens (tertiary/aromatic N) is 2. The SMILES string of the molecule is CN(C)C(=O)Nc1cccc(C(C(N)=O)C(=O)OC(=O)N(C)C)c1. The lowest BCUT2D eigenvalue weighted by Crippen LogP contribution is -2.34. The molecule has 9 nitrogen and oxygen atoms in total. The van der Waals surface area contributed by atoms with E-state index in [4.69, 9.17) is 5.73 Å². The Morgan fingerprint density at radius 2 is 1.71 bits per heavy atom. The zero-order valence-electron chi connectivity index (χ0n) is 13.9. The molecule has 9 heteroatoms. The zero-order valence-corrected chi connectivity index (χ0v) is 13.9. The number of benzene rings is 1. The van der Waals surface area contributed by atoms with Gasteiger partial charge in [0.15, 0.2) is 5.92 Å². The molecule has 0 aliphatic carbocycles. The molecule has 1 unspecified atom stereocenters. The van der Waals surface area contributed by atoms with E-state index >= 15 is 0 Å². The summed E-state index contributed by atoms with van der Waals surface area (Å²) in [6.45, 7) is 0. The maximum absolute atomic E-state index is 12.1. The summed E-state index contributed by atoms with van der Waals surface area (Å²) < 4.78 is 4.60. The van der Waals surface area contributed by atoms with Crippen LogP contribution in [0.3, 0.4) is 0 Å². The summed E-state index contributed by atoms with van der Waals surface area (Å²) >= 11 is 0. The van der Waals surface area contributed by atoms with Gasteiger partial charge in [-0.2, -0.15) is 0 Å². The number of esters is 1. The summed E-state index contributed by atoms with van der Waals surface area (Å²) in [5, 5.41) is 2.58. The number of hydrogen-bond donors (Lipinski definition) is 2. The van der Waals surface area contributed by atoms with Crippen molar-refractivity contribution < 1.29 is 23.9 Å². The molecule has 1 atom stereocenters. The second-order valence-electron chi connectivity index (χ2n) is 5.37. The van der Waals surface area contributed by atoms with Crippen LogP contribution in [-0.4, -0.2) is 62.0 Å². The Hall–Kier alpha value is -3.10. The molecule has 1 aromatic carbocycles. The molecule has 1 rings (SSSR count). The van der Waals surface area contributed by atoms with Gasteiger partial charge in [-0.3, -0.25) is 9.59 Å². The maximum Gasteiger partial charge on any atom is 0.417 e. The Bertz CT molecular complexity index is 657. The van der Waals surface area contributed by atoms with Gasteiger partial charge in [0.2, 0.25) is 5.91 Å². The van der Waals surface area contributed by atoms with Crippen molar-refractivity contribution in [3.8, 4) is 0 Å². The Labute approximate surface area is 139 Å². The van der Waals surface area contributed by atoms with E-state index < -0.39 is 23.9 Å². The number of hydrogen-bond acceptors (Lipinski definition) is 5. The zero-order chi connectivity index (χ0) is 18.4. The van der Waals surface area contributed by atoms with Crippen LogP contribution in [0.5, 0.6) is 0 Å². The molecule has 24 heavy (non-hydrogen) atoms. The highest BCUT2D eigenvalue weighted by atomic mass is 16.6. The minimum Gasteiger partial charge on any atom is -0.375 e. The molecule has 0 radical (unpaired) electrons. The third-order valence-corrected chi connectivity index (χ3v) is 2.95. The second kappa shape index (κ2) is 7.95. The molecular weight excluding hydrogens is 316 g/mol. The third-order valence-electron chi connectivity index (χ3n) is 2.95. The van der Waals surface area contributed by atoms with Crippen molar-refractivity contribution in [2.75, 3.05) is 33.5 Å². The number of nitrogens with one attached hydrogen (secondary N) is 1. The fraction of sp³-hybridized carbons (Fsp3) is 0.333. The van der Waals surface area contributed by atoms with Crippen LogP contribution in [0.2, 0.25) is 0 Å². The Morgan fingerprint density at radius 3 is 2.21 bits per heavy atom. The summed E-state index contributed by atoms with van der Waals surface area (Å²) in [5.74, 6) is -3.52. The van der Waals surface area contributed by atoms with E-state index in [9.17, 15) is 19.2 Å². The van der Waals surface area contributed by atoms with Gasteiger partial charge in [-0.05, 0) is 17.7 Å². The molecule has 0 aliphatic heterocycles. The lowest BCUT2D eigenvalue weighted by Gasteiger charge is -2.16. The topological polar surface area (TPSA) is 122 Å². The monoisotopic (exact) mass is 336 g/mol. The molecule has 0 saturated heterocycles. The van der Waals surface area contributed by atoms with Crippen molar-refractivity contribution in [2.45, 2.75) is 5.92 Å². The summed E-state index contributed by atoms with van der Waals surface area (Å²) in [6.07, 6.45) is -0.914. The van der Waals surface area contributed by atoms with Gasteiger partial charge in [-0.1, -0.05) is 12.1 Å². The van der Waals surface area contributed by atoms with Crippen LogP contribution in [0, 0.1) is 0 Å². The van der Waals surface area contributed by atoms with Gasteiger partial charge in [0.1, 0.15) is 0 Å². The molecule has 0 saturated carbocycles.